The first-order valence-corrected chi connectivity index (χ1v) is 13.5. The van der Waals surface area contributed by atoms with Gasteiger partial charge in [-0.15, -0.1) is 0 Å². The van der Waals surface area contributed by atoms with E-state index in [0.717, 1.165) is 16.9 Å². The minimum Gasteiger partial charge on any atom is -0.543 e. The van der Waals surface area contributed by atoms with Crippen LogP contribution in [0.25, 0.3) is 10.4 Å². The first-order chi connectivity index (χ1) is 12.4. The molecule has 1 rings (SSSR count). The summed E-state index contributed by atoms with van der Waals surface area (Å²) >= 11 is 0. The molecule has 0 aliphatic carbocycles. The largest absolute Gasteiger partial charge is 0.543 e. The van der Waals surface area contributed by atoms with Crippen molar-refractivity contribution >= 4 is 15.4 Å². The molecule has 0 amide bonds. The lowest BCUT2D eigenvalue weighted by Crippen LogP contribution is -2.64. The summed E-state index contributed by atoms with van der Waals surface area (Å²) < 4.78 is 8.90. The third-order valence-corrected chi connectivity index (χ3v) is 7.01. The lowest BCUT2D eigenvalue weighted by atomic mass is 9.79. The molecule has 0 aliphatic heterocycles. The number of azide groups is 1. The third kappa shape index (κ3) is 6.03. The topological polar surface area (TPSA) is 61.2 Å². The van der Waals surface area contributed by atoms with E-state index in [1.165, 1.54) is 0 Å². The van der Waals surface area contributed by atoms with Gasteiger partial charge in [-0.25, -0.2) is 0 Å². The van der Waals surface area contributed by atoms with Crippen molar-refractivity contribution in [2.24, 2.45) is 5.03 Å². The molecule has 0 N–H and O–H groups in total. The summed E-state index contributed by atoms with van der Waals surface area (Å²) in [6.45, 7) is 26.3. The molecule has 0 saturated heterocycles. The van der Waals surface area contributed by atoms with Gasteiger partial charge in [-0.1, -0.05) is 84.4 Å². The van der Waals surface area contributed by atoms with Crippen LogP contribution < -0.4 is 4.65 Å². The Morgan fingerprint density at radius 3 is 1.64 bits per heavy atom. The van der Waals surface area contributed by atoms with Crippen molar-refractivity contribution < 1.29 is 4.65 Å². The molecule has 1 aromatic carbocycles. The molecule has 0 fully saturated rings. The van der Waals surface area contributed by atoms with Gasteiger partial charge in [-0.05, 0) is 58.7 Å². The summed E-state index contributed by atoms with van der Waals surface area (Å²) in [5, 5.41) is 4.12. The molecular formula is C21H39BN4OSi. The molecular weight excluding hydrogens is 363 g/mol. The molecule has 7 heteroatoms. The van der Waals surface area contributed by atoms with Gasteiger partial charge in [0.05, 0.1) is 0 Å². The van der Waals surface area contributed by atoms with Crippen molar-refractivity contribution in [3.63, 3.8) is 0 Å². The van der Waals surface area contributed by atoms with Crippen molar-refractivity contribution in [2.45, 2.75) is 98.3 Å². The zero-order chi connectivity index (χ0) is 22.1. The van der Waals surface area contributed by atoms with Crippen LogP contribution >= 0.6 is 0 Å². The van der Waals surface area contributed by atoms with Crippen LogP contribution in [0, 0.1) is 0 Å². The number of hydrogen-bond acceptors (Lipinski definition) is 3. The van der Waals surface area contributed by atoms with E-state index in [4.69, 9.17) is 4.65 Å². The lowest BCUT2D eigenvalue weighted by Gasteiger charge is -2.46. The third-order valence-electron chi connectivity index (χ3n) is 4.67. The van der Waals surface area contributed by atoms with Crippen LogP contribution in [0.1, 0.15) is 73.4 Å². The molecule has 156 valence electrons. The average Bonchev–Trinajstić information content (AvgIpc) is 2.42. The van der Waals surface area contributed by atoms with Gasteiger partial charge in [0.2, 0.25) is 0 Å². The van der Waals surface area contributed by atoms with Crippen LogP contribution in [0.5, 0.6) is 5.75 Å². The lowest BCUT2D eigenvalue weighted by molar-refractivity contribution is 0.314. The van der Waals surface area contributed by atoms with E-state index in [2.05, 4.69) is 115 Å². The highest BCUT2D eigenvalue weighted by Crippen LogP contribution is 2.40. The number of nitrogens with zero attached hydrogens (tertiary/aromatic N) is 4. The molecule has 0 atom stereocenters. The van der Waals surface area contributed by atoms with E-state index in [1.54, 1.807) is 0 Å². The van der Waals surface area contributed by atoms with Crippen LogP contribution in [0.15, 0.2) is 23.2 Å². The second kappa shape index (κ2) is 8.13. The van der Waals surface area contributed by atoms with Gasteiger partial charge in [-0.3, -0.25) is 0 Å². The van der Waals surface area contributed by atoms with Gasteiger partial charge in [0.1, 0.15) is 14.0 Å². The van der Waals surface area contributed by atoms with Crippen molar-refractivity contribution in [1.82, 2.24) is 4.48 Å². The van der Waals surface area contributed by atoms with Crippen molar-refractivity contribution in [3.05, 3.63) is 39.8 Å². The highest BCUT2D eigenvalue weighted by molar-refractivity contribution is 6.81. The summed E-state index contributed by atoms with van der Waals surface area (Å²) in [6, 6.07) is 6.33. The number of para-hydroxylation sites is 1. The minimum atomic E-state index is -1.86. The minimum absolute atomic E-state index is 0.0940. The first-order valence-electron chi connectivity index (χ1n) is 10.0. The highest BCUT2D eigenvalue weighted by Gasteiger charge is 2.44. The van der Waals surface area contributed by atoms with Crippen molar-refractivity contribution in [3.8, 4) is 5.75 Å². The Balaban J connectivity index is 3.71. The second-order valence-electron chi connectivity index (χ2n) is 11.5. The van der Waals surface area contributed by atoms with Crippen molar-refractivity contribution in [1.29, 1.82) is 0 Å². The van der Waals surface area contributed by atoms with E-state index in [0.29, 0.717) is 0 Å². The normalized spacial score (nSPS) is 13.3. The summed E-state index contributed by atoms with van der Waals surface area (Å²) in [5.74, 6) is 0.840. The fraction of sp³-hybridized carbons (Fsp3) is 0.714. The SMILES string of the molecule is CC(C)(C)c1cccc(C(C)(C)C)c1OB(N=[N+]=[N-])N(C(C)(C)C)[Si](C)(C)C. The molecule has 0 saturated carbocycles. The highest BCUT2D eigenvalue weighted by atomic mass is 28.3. The van der Waals surface area contributed by atoms with Gasteiger partial charge >= 0.3 is 7.19 Å². The second-order valence-corrected chi connectivity index (χ2v) is 16.4. The maximum atomic E-state index is 9.32. The van der Waals surface area contributed by atoms with Gasteiger partial charge < -0.3 is 9.13 Å². The predicted molar refractivity (Wildman–Crippen MR) is 124 cm³/mol. The Kier molecular flexibility index (Phi) is 7.15. The first kappa shape index (κ1) is 24.6. The smallest absolute Gasteiger partial charge is 0.534 e. The maximum absolute atomic E-state index is 9.32. The zero-order valence-corrected chi connectivity index (χ0v) is 21.0. The molecule has 0 aromatic heterocycles. The van der Waals surface area contributed by atoms with Crippen LogP contribution in [0.2, 0.25) is 19.6 Å². The fourth-order valence-corrected chi connectivity index (χ4v) is 6.57. The quantitative estimate of drug-likeness (QED) is 0.233. The summed E-state index contributed by atoms with van der Waals surface area (Å²) in [4.78, 5) is 3.14. The molecule has 0 heterocycles. The summed E-state index contributed by atoms with van der Waals surface area (Å²) in [7, 11) is -2.55. The summed E-state index contributed by atoms with van der Waals surface area (Å²) in [5.41, 5.74) is 11.2. The Labute approximate surface area is 173 Å². The van der Waals surface area contributed by atoms with Gasteiger partial charge in [0.15, 0.2) is 0 Å². The molecule has 0 spiro atoms. The Hall–Kier alpha value is -1.43. The molecule has 0 aliphatic rings. The summed E-state index contributed by atoms with van der Waals surface area (Å²) in [6.07, 6.45) is 0. The van der Waals surface area contributed by atoms with Crippen LogP contribution in [-0.4, -0.2) is 25.4 Å². The Morgan fingerprint density at radius 2 is 1.36 bits per heavy atom. The molecule has 28 heavy (non-hydrogen) atoms. The zero-order valence-electron chi connectivity index (χ0n) is 20.0. The van der Waals surface area contributed by atoms with E-state index >= 15 is 0 Å². The van der Waals surface area contributed by atoms with Crippen LogP contribution in [0.4, 0.5) is 0 Å². The van der Waals surface area contributed by atoms with Gasteiger partial charge in [0.25, 0.3) is 0 Å². The van der Waals surface area contributed by atoms with E-state index in [9.17, 15) is 5.53 Å². The molecule has 0 unspecified atom stereocenters. The molecule has 5 nitrogen and oxygen atoms in total. The fourth-order valence-electron chi connectivity index (χ4n) is 3.79. The Bertz CT molecular complexity index is 686. The Morgan fingerprint density at radius 1 is 0.929 bits per heavy atom. The van der Waals surface area contributed by atoms with Crippen molar-refractivity contribution in [2.75, 3.05) is 0 Å². The molecule has 0 radical (unpaired) electrons. The average molecular weight is 402 g/mol. The maximum Gasteiger partial charge on any atom is 0.534 e. The monoisotopic (exact) mass is 402 g/mol. The van der Waals surface area contributed by atoms with E-state index < -0.39 is 15.4 Å². The van der Waals surface area contributed by atoms with Gasteiger partial charge in [0, 0.05) is 0 Å². The van der Waals surface area contributed by atoms with Crippen LogP contribution in [0.3, 0.4) is 0 Å². The van der Waals surface area contributed by atoms with Gasteiger partial charge in [-0.2, -0.15) is 0 Å². The molecule has 1 aromatic rings. The standard InChI is InChI=1S/C21H39BN4OSi/c1-19(2,3)16-14-13-15-17(20(4,5)6)18(16)27-22(24-25-23)26(21(7,8)9)28(10,11)12/h13-15H,1-12H3. The van der Waals surface area contributed by atoms with E-state index in [1.807, 2.05) is 0 Å². The van der Waals surface area contributed by atoms with Crippen LogP contribution in [-0.2, 0) is 10.8 Å². The number of hydrogen-bond donors (Lipinski definition) is 0. The van der Waals surface area contributed by atoms with E-state index in [-0.39, 0.29) is 16.4 Å². The molecule has 0 bridgehead atoms. The number of benzene rings is 1. The predicted octanol–water partition coefficient (Wildman–Crippen LogP) is 6.89. The number of rotatable bonds is 5.